The number of nitrogens with zero attached hydrogens (tertiary/aromatic N) is 3. The molecular weight excluding hydrogens is 306 g/mol. The maximum atomic E-state index is 13.1. The number of rotatable bonds is 5. The summed E-state index contributed by atoms with van der Waals surface area (Å²) in [6.07, 6.45) is 9.26. The largest absolute Gasteiger partial charge is 0.467 e. The monoisotopic (exact) mass is 329 g/mol. The Balaban J connectivity index is 1.47. The van der Waals surface area contributed by atoms with Crippen LogP contribution in [0.15, 0.2) is 35.3 Å². The summed E-state index contributed by atoms with van der Waals surface area (Å²) in [5, 5.41) is 0. The number of hydrogen-bond acceptors (Lipinski definition) is 4. The van der Waals surface area contributed by atoms with Gasteiger partial charge in [0.05, 0.1) is 25.2 Å². The van der Waals surface area contributed by atoms with E-state index in [0.29, 0.717) is 13.1 Å². The lowest BCUT2D eigenvalue weighted by molar-refractivity contribution is -0.138. The van der Waals surface area contributed by atoms with E-state index in [1.54, 1.807) is 6.26 Å². The summed E-state index contributed by atoms with van der Waals surface area (Å²) in [5.74, 6) is 1.04. The summed E-state index contributed by atoms with van der Waals surface area (Å²) in [7, 11) is 0. The zero-order valence-corrected chi connectivity index (χ0v) is 13.8. The average Bonchev–Trinajstić information content (AvgIpc) is 3.35. The van der Waals surface area contributed by atoms with Crippen LogP contribution in [-0.4, -0.2) is 39.6 Å². The van der Waals surface area contributed by atoms with Crippen LogP contribution in [0, 0.1) is 5.92 Å². The van der Waals surface area contributed by atoms with Crippen molar-refractivity contribution in [2.75, 3.05) is 13.2 Å². The molecule has 0 saturated carbocycles. The van der Waals surface area contributed by atoms with Crippen molar-refractivity contribution >= 4 is 5.91 Å². The fourth-order valence-electron chi connectivity index (χ4n) is 3.70. The second kappa shape index (κ2) is 6.81. The van der Waals surface area contributed by atoms with Crippen LogP contribution in [0.4, 0.5) is 0 Å². The van der Waals surface area contributed by atoms with Crippen molar-refractivity contribution in [3.8, 4) is 0 Å². The fourth-order valence-corrected chi connectivity index (χ4v) is 3.70. The lowest BCUT2D eigenvalue weighted by Gasteiger charge is -2.31. The molecule has 2 aliphatic rings. The molecule has 0 radical (unpaired) electrons. The number of aromatic nitrogens is 2. The predicted octanol–water partition coefficient (Wildman–Crippen LogP) is 2.25. The summed E-state index contributed by atoms with van der Waals surface area (Å²) in [6, 6.07) is 3.79. The molecule has 1 amide bonds. The summed E-state index contributed by atoms with van der Waals surface area (Å²) >= 11 is 0. The molecule has 1 fully saturated rings. The highest BCUT2D eigenvalue weighted by Crippen LogP contribution is 2.24. The smallest absolute Gasteiger partial charge is 0.226 e. The van der Waals surface area contributed by atoms with Crippen molar-refractivity contribution in [3.05, 3.63) is 42.4 Å². The van der Waals surface area contributed by atoms with Crippen molar-refractivity contribution in [2.45, 2.75) is 44.9 Å². The highest BCUT2D eigenvalue weighted by Gasteiger charge is 2.31. The van der Waals surface area contributed by atoms with Gasteiger partial charge in [0.2, 0.25) is 5.91 Å². The predicted molar refractivity (Wildman–Crippen MR) is 87.1 cm³/mol. The van der Waals surface area contributed by atoms with Gasteiger partial charge in [0.25, 0.3) is 0 Å². The molecule has 4 heterocycles. The molecule has 2 aromatic heterocycles. The van der Waals surface area contributed by atoms with Crippen molar-refractivity contribution in [3.63, 3.8) is 0 Å². The van der Waals surface area contributed by atoms with Gasteiger partial charge in [0.15, 0.2) is 0 Å². The third-order valence-corrected chi connectivity index (χ3v) is 5.01. The van der Waals surface area contributed by atoms with E-state index in [0.717, 1.165) is 50.3 Å². The first-order valence-electron chi connectivity index (χ1n) is 8.71. The van der Waals surface area contributed by atoms with Crippen molar-refractivity contribution in [1.29, 1.82) is 0 Å². The Kier molecular flexibility index (Phi) is 4.38. The first kappa shape index (κ1) is 15.4. The number of imidazole rings is 1. The van der Waals surface area contributed by atoms with E-state index < -0.39 is 0 Å². The molecule has 4 rings (SSSR count). The molecule has 2 aromatic rings. The molecule has 0 spiro atoms. The van der Waals surface area contributed by atoms with E-state index >= 15 is 0 Å². The topological polar surface area (TPSA) is 60.5 Å². The molecule has 0 N–H and O–H groups in total. The van der Waals surface area contributed by atoms with Crippen LogP contribution < -0.4 is 0 Å². The van der Waals surface area contributed by atoms with E-state index in [2.05, 4.69) is 9.55 Å². The number of carbonyl (C=O) groups is 1. The average molecular weight is 329 g/mol. The molecule has 0 bridgehead atoms. The number of hydrogen-bond donors (Lipinski definition) is 0. The van der Waals surface area contributed by atoms with Gasteiger partial charge >= 0.3 is 0 Å². The SMILES string of the molecule is O=C([C@H]1CCn2cncc2C1)N(Cc1ccco1)C[C@@H]1CCCO1. The van der Waals surface area contributed by atoms with Gasteiger partial charge in [0.1, 0.15) is 5.76 Å². The van der Waals surface area contributed by atoms with Gasteiger partial charge in [-0.1, -0.05) is 0 Å². The lowest BCUT2D eigenvalue weighted by atomic mass is 9.94. The van der Waals surface area contributed by atoms with E-state index in [1.165, 1.54) is 0 Å². The summed E-state index contributed by atoms with van der Waals surface area (Å²) < 4.78 is 13.3. The maximum Gasteiger partial charge on any atom is 0.226 e. The van der Waals surface area contributed by atoms with Gasteiger partial charge in [-0.25, -0.2) is 4.98 Å². The molecule has 6 nitrogen and oxygen atoms in total. The van der Waals surface area contributed by atoms with Crippen LogP contribution >= 0.6 is 0 Å². The van der Waals surface area contributed by atoms with Gasteiger partial charge in [-0.05, 0) is 31.4 Å². The minimum Gasteiger partial charge on any atom is -0.467 e. The summed E-state index contributed by atoms with van der Waals surface area (Å²) in [5.41, 5.74) is 1.15. The zero-order chi connectivity index (χ0) is 16.4. The fraction of sp³-hybridized carbons (Fsp3) is 0.556. The molecule has 128 valence electrons. The van der Waals surface area contributed by atoms with E-state index in [9.17, 15) is 4.79 Å². The van der Waals surface area contributed by atoms with Crippen LogP contribution in [0.1, 0.15) is 30.7 Å². The van der Waals surface area contributed by atoms with Crippen LogP contribution in [0.25, 0.3) is 0 Å². The van der Waals surface area contributed by atoms with Gasteiger partial charge < -0.3 is 18.6 Å². The number of fused-ring (bicyclic) bond motifs is 1. The molecular formula is C18H23N3O3. The standard InChI is InChI=1S/C18H23N3O3/c22-18(14-5-6-20-13-19-10-15(20)9-14)21(11-16-3-1-7-23-16)12-17-4-2-8-24-17/h1,3,7,10,13-14,17H,2,4-6,8-9,11-12H2/t14-,17-/m0/s1. The van der Waals surface area contributed by atoms with E-state index in [-0.39, 0.29) is 17.9 Å². The Bertz CT molecular complexity index is 674. The Hall–Kier alpha value is -2.08. The molecule has 0 aliphatic carbocycles. The highest BCUT2D eigenvalue weighted by atomic mass is 16.5. The second-order valence-electron chi connectivity index (χ2n) is 6.70. The Morgan fingerprint density at radius 3 is 3.17 bits per heavy atom. The first-order valence-corrected chi connectivity index (χ1v) is 8.71. The van der Waals surface area contributed by atoms with Crippen molar-refractivity contribution < 1.29 is 13.9 Å². The first-order chi connectivity index (χ1) is 11.8. The van der Waals surface area contributed by atoms with Crippen molar-refractivity contribution in [2.24, 2.45) is 5.92 Å². The summed E-state index contributed by atoms with van der Waals surface area (Å²) in [4.78, 5) is 19.3. The van der Waals surface area contributed by atoms with E-state index in [1.807, 2.05) is 29.6 Å². The van der Waals surface area contributed by atoms with Crippen molar-refractivity contribution in [1.82, 2.24) is 14.5 Å². The Labute approximate surface area is 141 Å². The third-order valence-electron chi connectivity index (χ3n) is 5.01. The number of ether oxygens (including phenoxy) is 1. The zero-order valence-electron chi connectivity index (χ0n) is 13.8. The minimum atomic E-state index is 0.0190. The van der Waals surface area contributed by atoms with Crippen LogP contribution in [0.5, 0.6) is 0 Å². The lowest BCUT2D eigenvalue weighted by Crippen LogP contribution is -2.42. The minimum absolute atomic E-state index is 0.0190. The van der Waals surface area contributed by atoms with Gasteiger partial charge in [0, 0.05) is 43.9 Å². The van der Waals surface area contributed by atoms with Crippen LogP contribution in [0.2, 0.25) is 0 Å². The molecule has 0 aromatic carbocycles. The molecule has 6 heteroatoms. The number of aryl methyl sites for hydroxylation is 1. The number of furan rings is 1. The quantitative estimate of drug-likeness (QED) is 0.844. The number of amides is 1. The highest BCUT2D eigenvalue weighted by molar-refractivity contribution is 5.79. The molecule has 2 aliphatic heterocycles. The molecule has 0 unspecified atom stereocenters. The Morgan fingerprint density at radius 1 is 1.42 bits per heavy atom. The normalized spacial score (nSPS) is 23.2. The second-order valence-corrected chi connectivity index (χ2v) is 6.70. The molecule has 24 heavy (non-hydrogen) atoms. The van der Waals surface area contributed by atoms with Crippen LogP contribution in [-0.2, 0) is 29.0 Å². The van der Waals surface area contributed by atoms with Crippen LogP contribution in [0.3, 0.4) is 0 Å². The third kappa shape index (κ3) is 3.24. The summed E-state index contributed by atoms with van der Waals surface area (Å²) in [6.45, 7) is 2.83. The Morgan fingerprint density at radius 2 is 2.38 bits per heavy atom. The van der Waals surface area contributed by atoms with Gasteiger partial charge in [-0.3, -0.25) is 4.79 Å². The van der Waals surface area contributed by atoms with Gasteiger partial charge in [-0.2, -0.15) is 0 Å². The van der Waals surface area contributed by atoms with Gasteiger partial charge in [-0.15, -0.1) is 0 Å². The molecule has 2 atom stereocenters. The maximum absolute atomic E-state index is 13.1. The van der Waals surface area contributed by atoms with E-state index in [4.69, 9.17) is 9.15 Å². The number of carbonyl (C=O) groups excluding carboxylic acids is 1. The molecule has 1 saturated heterocycles.